The molecule has 740 valence electrons. The van der Waals surface area contributed by atoms with Crippen LogP contribution in [-0.2, 0) is 112 Å². The number of hydrogen-bond acceptors (Lipinski definition) is 22. The van der Waals surface area contributed by atoms with Crippen molar-refractivity contribution in [2.45, 2.75) is 236 Å². The van der Waals surface area contributed by atoms with Crippen molar-refractivity contribution in [3.05, 3.63) is 162 Å². The van der Waals surface area contributed by atoms with Gasteiger partial charge in [0.25, 0.3) is 0 Å². The lowest BCUT2D eigenvalue weighted by molar-refractivity contribution is -0.148. The van der Waals surface area contributed by atoms with Crippen molar-refractivity contribution in [3.63, 3.8) is 0 Å². The van der Waals surface area contributed by atoms with Gasteiger partial charge in [-0.05, 0) is 141 Å². The Morgan fingerprint density at radius 3 is 1.50 bits per heavy atom. The predicted molar refractivity (Wildman–Crippen MR) is 507 cm³/mol. The molecule has 0 spiro atoms. The molecular formula is C96H128N18O22S. The average Bonchev–Trinajstić information content (AvgIpc) is 1.72. The predicted octanol–water partition coefficient (Wildman–Crippen LogP) is 0.412. The number of aliphatic hydroxyl groups is 1. The minimum Gasteiger partial charge on any atom is -0.508 e. The van der Waals surface area contributed by atoms with Crippen molar-refractivity contribution in [1.29, 1.82) is 0 Å². The van der Waals surface area contributed by atoms with E-state index in [1.54, 1.807) is 127 Å². The summed E-state index contributed by atoms with van der Waals surface area (Å²) in [4.78, 5) is 266. The van der Waals surface area contributed by atoms with E-state index in [2.05, 4.69) is 74.1 Å². The molecule has 5 aromatic carbocycles. The molecule has 2 fully saturated rings. The number of carbonyl (C=O) groups excluding carboxylic acids is 16. The second-order valence-corrected chi connectivity index (χ2v) is 36.6. The van der Waals surface area contributed by atoms with E-state index in [0.29, 0.717) is 45.8 Å². The molecule has 41 heteroatoms. The molecule has 0 bridgehead atoms. The number of H-pyrrole nitrogens is 1. The van der Waals surface area contributed by atoms with Gasteiger partial charge in [-0.1, -0.05) is 157 Å². The molecular weight excluding hydrogens is 1790 g/mol. The average molecular weight is 1920 g/mol. The number of carboxylic acids is 2. The molecule has 1 aromatic heterocycles. The zero-order valence-electron chi connectivity index (χ0n) is 78.2. The van der Waals surface area contributed by atoms with E-state index in [1.807, 2.05) is 30.3 Å². The Bertz CT molecular complexity index is 5220. The van der Waals surface area contributed by atoms with Crippen molar-refractivity contribution in [2.75, 3.05) is 38.2 Å². The first-order chi connectivity index (χ1) is 65.1. The number of rotatable bonds is 27. The number of likely N-dealkylation sites (N-methyl/N-ethyl adjacent to an activating group) is 1. The summed E-state index contributed by atoms with van der Waals surface area (Å²) in [5, 5.41) is 76.2. The molecule has 15 atom stereocenters. The van der Waals surface area contributed by atoms with Crippen LogP contribution in [-0.4, -0.2) is 271 Å². The molecule has 16 amide bonds. The molecule has 2 aliphatic rings. The molecule has 0 aliphatic carbocycles. The molecule has 6 aromatic rings. The largest absolute Gasteiger partial charge is 0.508 e. The number of hydrogen-bond donors (Lipinski definition) is 20. The number of aliphatic hydroxyl groups excluding tert-OH is 1. The Labute approximate surface area is 797 Å². The van der Waals surface area contributed by atoms with Gasteiger partial charge in [-0.25, -0.2) is 0 Å². The van der Waals surface area contributed by atoms with E-state index in [4.69, 9.17) is 11.5 Å². The molecule has 40 nitrogen and oxygen atoms in total. The van der Waals surface area contributed by atoms with Gasteiger partial charge in [-0.15, -0.1) is 11.8 Å². The first kappa shape index (κ1) is 108. The van der Waals surface area contributed by atoms with Crippen LogP contribution >= 0.6 is 11.8 Å². The van der Waals surface area contributed by atoms with Gasteiger partial charge in [0.1, 0.15) is 96.4 Å². The number of primary amides is 1. The topological polar surface area (TPSA) is 619 Å². The van der Waals surface area contributed by atoms with Crippen LogP contribution in [0.4, 0.5) is 0 Å². The van der Waals surface area contributed by atoms with Crippen LogP contribution in [0.15, 0.2) is 140 Å². The van der Waals surface area contributed by atoms with Crippen LogP contribution in [0, 0.1) is 17.8 Å². The lowest BCUT2D eigenvalue weighted by Crippen LogP contribution is -2.61. The van der Waals surface area contributed by atoms with Crippen molar-refractivity contribution in [2.24, 2.45) is 29.2 Å². The Balaban J connectivity index is 1.21. The summed E-state index contributed by atoms with van der Waals surface area (Å²) in [5.74, 6) is -21.9. The number of phenolic OH excluding ortho intramolecular Hbond substituents is 1. The monoisotopic (exact) mass is 1920 g/mol. The van der Waals surface area contributed by atoms with Crippen LogP contribution < -0.4 is 80.6 Å². The number of nitrogens with zero attached hydrogens (tertiary/aromatic N) is 2. The highest BCUT2D eigenvalue weighted by molar-refractivity contribution is 8.00. The molecule has 3 heterocycles. The fraction of sp³-hybridized carbons (Fsp3) is 0.479. The molecule has 0 radical (unpaired) electrons. The van der Waals surface area contributed by atoms with Crippen molar-refractivity contribution in [1.82, 2.24) is 83.9 Å². The number of amides is 16. The normalized spacial score (nSPS) is 23.6. The van der Waals surface area contributed by atoms with Gasteiger partial charge in [-0.2, -0.15) is 0 Å². The number of nitrogens with one attached hydrogen (secondary N) is 14. The van der Waals surface area contributed by atoms with Gasteiger partial charge < -0.3 is 116 Å². The maximum atomic E-state index is 15.5. The number of nitrogens with two attached hydrogens (primary N) is 2. The van der Waals surface area contributed by atoms with Gasteiger partial charge in [0.15, 0.2) is 0 Å². The number of carboxylic acid groups (broad SMARTS) is 2. The van der Waals surface area contributed by atoms with Crippen molar-refractivity contribution >= 4 is 129 Å². The van der Waals surface area contributed by atoms with Gasteiger partial charge in [-0.3, -0.25) is 86.3 Å². The second-order valence-electron chi connectivity index (χ2n) is 35.6. The lowest BCUT2D eigenvalue weighted by atomic mass is 9.98. The van der Waals surface area contributed by atoms with E-state index >= 15 is 33.6 Å². The third-order valence-electron chi connectivity index (χ3n) is 23.5. The van der Waals surface area contributed by atoms with Gasteiger partial charge >= 0.3 is 11.9 Å². The number of aromatic hydroxyl groups is 1. The Morgan fingerprint density at radius 1 is 0.489 bits per heavy atom. The highest BCUT2D eigenvalue weighted by atomic mass is 32.2. The van der Waals surface area contributed by atoms with Gasteiger partial charge in [0.05, 0.1) is 18.8 Å². The summed E-state index contributed by atoms with van der Waals surface area (Å²) in [5.41, 5.74) is 15.2. The summed E-state index contributed by atoms with van der Waals surface area (Å²) in [6.07, 6.45) is -1.61. The minimum atomic E-state index is -2.09. The fourth-order valence-electron chi connectivity index (χ4n) is 15.8. The summed E-state index contributed by atoms with van der Waals surface area (Å²) in [6, 6.07) is 12.5. The number of aliphatic carboxylic acids is 2. The highest BCUT2D eigenvalue weighted by Gasteiger charge is 2.44. The van der Waals surface area contributed by atoms with Crippen LogP contribution in [0.25, 0.3) is 22.0 Å². The first-order valence-corrected chi connectivity index (χ1v) is 46.9. The molecule has 0 unspecified atom stereocenters. The maximum absolute atomic E-state index is 15.5. The molecule has 8 rings (SSSR count). The number of phenols is 1. The van der Waals surface area contributed by atoms with E-state index in [9.17, 15) is 73.2 Å². The molecule has 2 aliphatic heterocycles. The van der Waals surface area contributed by atoms with E-state index in [0.717, 1.165) is 16.0 Å². The van der Waals surface area contributed by atoms with E-state index in [-0.39, 0.29) is 88.1 Å². The smallest absolute Gasteiger partial charge is 0.305 e. The molecule has 137 heavy (non-hydrogen) atoms. The maximum Gasteiger partial charge on any atom is 0.305 e. The number of aromatic amines is 1. The fourth-order valence-corrected chi connectivity index (χ4v) is 16.6. The number of fused-ring (bicyclic) bond motifs is 2. The summed E-state index contributed by atoms with van der Waals surface area (Å²) < 4.78 is 0. The van der Waals surface area contributed by atoms with Crippen LogP contribution in [0.2, 0.25) is 0 Å². The number of para-hydroxylation sites is 1. The van der Waals surface area contributed by atoms with Crippen LogP contribution in [0.1, 0.15) is 142 Å². The second kappa shape index (κ2) is 52.9. The van der Waals surface area contributed by atoms with Gasteiger partial charge in [0.2, 0.25) is 94.5 Å². The van der Waals surface area contributed by atoms with Crippen molar-refractivity contribution in [3.8, 4) is 16.9 Å². The minimum absolute atomic E-state index is 0.0315. The van der Waals surface area contributed by atoms with Crippen LogP contribution in [0.3, 0.4) is 0 Å². The zero-order valence-corrected chi connectivity index (χ0v) is 79.0. The summed E-state index contributed by atoms with van der Waals surface area (Å²) in [6.45, 7) is 11.6. The first-order valence-electron chi connectivity index (χ1n) is 45.8. The lowest BCUT2D eigenvalue weighted by Gasteiger charge is -2.34. The number of thioether (sulfide) groups is 1. The number of aromatic nitrogens is 1. The number of unbranched alkanes of at least 4 members (excludes halogenated alkanes) is 1. The van der Waals surface area contributed by atoms with E-state index in [1.165, 1.54) is 50.1 Å². The summed E-state index contributed by atoms with van der Waals surface area (Å²) >= 11 is 0.714. The summed E-state index contributed by atoms with van der Waals surface area (Å²) in [7, 11) is 1.23. The standard InChI is InChI=1S/C96H128N18O22S/c1-52(2)41-68-84(124)106-71(44-58-29-33-61(34-30-58)60-23-14-11-15-24-60)86(126)103-67(37-38-79(118)119)96(136)113(9)56(8)95(135)114-40-20-28-77(114)93(133)102-66(27-18-19-39-97)83(123)104-69(42-53(3)4)90(130)112-81(54(5)6)94(134)110-75(49-115)91(131)111-76(92(132)100-55(7)82(98)122)50-137-51-78(117)101-70(43-57-21-12-10-13-22-57)85(125)107-72(45-59-31-35-63(116)36-32-59)87(127)109-74(47-80(120)121)89(129)108-73(88(128)105-68)46-62-48-99-65-26-17-16-25-64(62)65/h10-17,21-26,29-36,48,52-56,66-77,81,99,115-116H,18-20,27-28,37-47,49-51,97H2,1-9H3,(H2,98,122)(H,100,132)(H,101,117)(H,102,133)(H,103,126)(H,104,123)(H,105,128)(H,106,124)(H,107,125)(H,108,129)(H,109,127)(H,110,134)(H,111,131)(H,112,130)(H,118,119)(H,120,121)/t55-,56-,66-,67-,68-,69-,70-,71-,72-,73-,74-,75-,76-,77+,81-/m0/s1. The van der Waals surface area contributed by atoms with Gasteiger partial charge in [0, 0.05) is 68.5 Å². The van der Waals surface area contributed by atoms with Crippen LogP contribution in [0.5, 0.6) is 5.75 Å². The highest BCUT2D eigenvalue weighted by Crippen LogP contribution is 2.26. The SMILES string of the molecule is CC(C)C[C@@H]1NC(=O)[C@H](Cc2c[nH]c3ccccc23)NC(=O)[C@H](CC(=O)O)NC(=O)[C@H](Cc2ccc(O)cc2)NC(=O)[C@H](Cc2ccccc2)NC(=O)CSC[C@@H](C(=O)N[C@@H](C)C(N)=O)NC(=O)[C@H](CO)NC(=O)[C@H](C(C)C)NC(=O)[C@H](CC(C)C)NC(=O)[C@H](CCCCN)NC(=O)[C@H]2CCCN2C(=O)[C@H](C)N(C)C(=O)[C@H](CCC(=O)O)NC(=O)[C@H](Cc2ccc(-c3ccccc3)cc2)NC1=O. The van der Waals surface area contributed by atoms with E-state index < -0.39 is 253 Å². The third kappa shape index (κ3) is 33.3. The number of benzene rings is 5. The Kier molecular flexibility index (Phi) is 41.9. The third-order valence-corrected chi connectivity index (χ3v) is 24.5. The quantitative estimate of drug-likeness (QED) is 0.0311. The number of carbonyl (C=O) groups is 18. The molecule has 2 saturated heterocycles. The molecule has 22 N–H and O–H groups in total. The zero-order chi connectivity index (χ0) is 100. The Hall–Kier alpha value is -13.8. The van der Waals surface area contributed by atoms with Crippen molar-refractivity contribution < 1.29 is 107 Å². The Morgan fingerprint density at radius 2 is 0.956 bits per heavy atom. The molecule has 0 saturated carbocycles.